The van der Waals surface area contributed by atoms with E-state index in [4.69, 9.17) is 14.0 Å². The number of hydrogen-bond donors (Lipinski definition) is 1. The van der Waals surface area contributed by atoms with Crippen LogP contribution in [-0.4, -0.2) is 10.9 Å². The third-order valence-corrected chi connectivity index (χ3v) is 2.93. The zero-order chi connectivity index (χ0) is 11.0. The fourth-order valence-corrected chi connectivity index (χ4v) is 2.04. The van der Waals surface area contributed by atoms with Gasteiger partial charge in [0.05, 0.1) is 12.5 Å². The summed E-state index contributed by atoms with van der Waals surface area (Å²) in [6.45, 7) is 0. The minimum atomic E-state index is 0.197. The summed E-state index contributed by atoms with van der Waals surface area (Å²) in [6, 6.07) is 7.40. The van der Waals surface area contributed by atoms with Gasteiger partial charge in [-0.2, -0.15) is 0 Å². The van der Waals surface area contributed by atoms with E-state index < -0.39 is 0 Å². The van der Waals surface area contributed by atoms with Gasteiger partial charge >= 0.3 is 0 Å². The van der Waals surface area contributed by atoms with Crippen LogP contribution in [0.4, 0.5) is 0 Å². The molecule has 4 nitrogen and oxygen atoms in total. The summed E-state index contributed by atoms with van der Waals surface area (Å²) < 4.78 is 10.6. The molecule has 0 aliphatic heterocycles. The first-order chi connectivity index (χ1) is 7.90. The van der Waals surface area contributed by atoms with Crippen molar-refractivity contribution in [3.05, 3.63) is 48.3 Å². The lowest BCUT2D eigenvalue weighted by molar-refractivity contribution is 0.315. The van der Waals surface area contributed by atoms with Gasteiger partial charge in [0.25, 0.3) is 0 Å². The molecule has 2 aromatic heterocycles. The third-order valence-electron chi connectivity index (χ3n) is 2.93. The molecule has 3 rings (SSSR count). The molecule has 82 valence electrons. The van der Waals surface area contributed by atoms with E-state index in [9.17, 15) is 0 Å². The minimum absolute atomic E-state index is 0.197. The number of nitrogens with zero attached hydrogens (tertiary/aromatic N) is 1. The smallest absolute Gasteiger partial charge is 0.151 e. The second kappa shape index (κ2) is 3.56. The van der Waals surface area contributed by atoms with Crippen molar-refractivity contribution in [2.75, 3.05) is 0 Å². The average molecular weight is 217 g/mol. The summed E-state index contributed by atoms with van der Waals surface area (Å²) in [5.74, 6) is 2.08. The van der Waals surface area contributed by atoms with Crippen LogP contribution in [0.25, 0.3) is 0 Å². The highest BCUT2D eigenvalue weighted by atomic mass is 16.4. The van der Waals surface area contributed by atoms with Crippen LogP contribution in [0, 0.1) is 5.92 Å². The van der Waals surface area contributed by atoms with Gasteiger partial charge in [-0.15, -0.1) is 0 Å². The van der Waals surface area contributed by atoms with Gasteiger partial charge in [0.15, 0.2) is 5.76 Å². The van der Waals surface area contributed by atoms with Crippen LogP contribution in [0.3, 0.4) is 0 Å². The Morgan fingerprint density at radius 1 is 1.25 bits per heavy atom. The molecule has 0 radical (unpaired) electrons. The molecule has 2 aromatic rings. The zero-order valence-corrected chi connectivity index (χ0v) is 8.54. The molecule has 1 saturated carbocycles. The summed E-state index contributed by atoms with van der Waals surface area (Å²) >= 11 is 0. The second-order valence-electron chi connectivity index (χ2n) is 3.93. The zero-order valence-electron chi connectivity index (χ0n) is 8.54. The van der Waals surface area contributed by atoms with Crippen LogP contribution in [0.1, 0.15) is 23.9 Å². The molecular formula is C12H11NO3. The summed E-state index contributed by atoms with van der Waals surface area (Å²) in [6.07, 6.45) is 4.17. The molecule has 0 aromatic carbocycles. The Morgan fingerprint density at radius 3 is 2.69 bits per heavy atom. The summed E-state index contributed by atoms with van der Waals surface area (Å²) in [5.41, 5.74) is 0.603. The Balaban J connectivity index is 1.81. The number of furan rings is 2. The van der Waals surface area contributed by atoms with Crippen LogP contribution >= 0.6 is 0 Å². The van der Waals surface area contributed by atoms with E-state index in [1.807, 2.05) is 12.1 Å². The number of rotatable bonds is 3. The molecule has 1 aliphatic carbocycles. The Bertz CT molecular complexity index is 484. The molecule has 1 aliphatic rings. The van der Waals surface area contributed by atoms with Crippen molar-refractivity contribution < 1.29 is 14.0 Å². The SMILES string of the molecule is O/N=C(/c1ccco1)[C@H]1C[C@@H]1c1ccco1. The van der Waals surface area contributed by atoms with E-state index in [1.54, 1.807) is 24.7 Å². The van der Waals surface area contributed by atoms with Gasteiger partial charge in [-0.05, 0) is 30.7 Å². The molecule has 16 heavy (non-hydrogen) atoms. The second-order valence-corrected chi connectivity index (χ2v) is 3.93. The Kier molecular flexibility index (Phi) is 2.06. The molecule has 2 heterocycles. The first-order valence-electron chi connectivity index (χ1n) is 5.19. The number of hydrogen-bond acceptors (Lipinski definition) is 4. The van der Waals surface area contributed by atoms with E-state index in [0.29, 0.717) is 17.4 Å². The summed E-state index contributed by atoms with van der Waals surface area (Å²) in [7, 11) is 0. The first kappa shape index (κ1) is 9.27. The van der Waals surface area contributed by atoms with Gasteiger partial charge in [0, 0.05) is 11.8 Å². The fourth-order valence-electron chi connectivity index (χ4n) is 2.04. The monoisotopic (exact) mass is 217 g/mol. The average Bonchev–Trinajstić information content (AvgIpc) is 2.78. The maximum atomic E-state index is 9.02. The lowest BCUT2D eigenvalue weighted by Gasteiger charge is -1.98. The molecule has 1 N–H and O–H groups in total. The van der Waals surface area contributed by atoms with Crippen molar-refractivity contribution in [2.24, 2.45) is 11.1 Å². The maximum Gasteiger partial charge on any atom is 0.151 e. The van der Waals surface area contributed by atoms with Crippen LogP contribution in [0.15, 0.2) is 50.8 Å². The van der Waals surface area contributed by atoms with E-state index >= 15 is 0 Å². The van der Waals surface area contributed by atoms with Crippen LogP contribution in [0.2, 0.25) is 0 Å². The topological polar surface area (TPSA) is 58.9 Å². The van der Waals surface area contributed by atoms with Crippen molar-refractivity contribution in [2.45, 2.75) is 12.3 Å². The standard InChI is InChI=1S/C12H11NO3/c14-13-12(11-4-2-6-16-11)9-7-8(9)10-3-1-5-15-10/h1-6,8-9,14H,7H2/b13-12+/t8-,9-/m0/s1. The van der Waals surface area contributed by atoms with Crippen LogP contribution in [0.5, 0.6) is 0 Å². The maximum absolute atomic E-state index is 9.02. The van der Waals surface area contributed by atoms with Crippen LogP contribution in [-0.2, 0) is 0 Å². The number of oxime groups is 1. The van der Waals surface area contributed by atoms with Gasteiger partial charge < -0.3 is 14.0 Å². The molecule has 2 atom stereocenters. The van der Waals surface area contributed by atoms with E-state index in [-0.39, 0.29) is 5.92 Å². The van der Waals surface area contributed by atoms with E-state index in [1.165, 1.54) is 0 Å². The van der Waals surface area contributed by atoms with Crippen molar-refractivity contribution in [1.82, 2.24) is 0 Å². The van der Waals surface area contributed by atoms with E-state index in [0.717, 1.165) is 12.2 Å². The predicted molar refractivity (Wildman–Crippen MR) is 56.6 cm³/mol. The van der Waals surface area contributed by atoms with Crippen molar-refractivity contribution in [3.63, 3.8) is 0 Å². The molecule has 0 spiro atoms. The van der Waals surface area contributed by atoms with Crippen molar-refractivity contribution >= 4 is 5.71 Å². The quantitative estimate of drug-likeness (QED) is 0.488. The molecule has 0 amide bonds. The molecular weight excluding hydrogens is 206 g/mol. The fraction of sp³-hybridized carbons (Fsp3) is 0.250. The lowest BCUT2D eigenvalue weighted by Crippen LogP contribution is -2.03. The third kappa shape index (κ3) is 1.43. The highest BCUT2D eigenvalue weighted by Crippen LogP contribution is 2.49. The van der Waals surface area contributed by atoms with Gasteiger partial charge in [-0.3, -0.25) is 0 Å². The Morgan fingerprint density at radius 2 is 2.06 bits per heavy atom. The van der Waals surface area contributed by atoms with Gasteiger partial charge in [-0.25, -0.2) is 0 Å². The van der Waals surface area contributed by atoms with Gasteiger partial charge in [0.2, 0.25) is 0 Å². The largest absolute Gasteiger partial charge is 0.469 e. The summed E-state index contributed by atoms with van der Waals surface area (Å²) in [5, 5.41) is 12.4. The Labute approximate surface area is 92.2 Å². The molecule has 0 bridgehead atoms. The lowest BCUT2D eigenvalue weighted by atomic mass is 10.1. The van der Waals surface area contributed by atoms with E-state index in [2.05, 4.69) is 5.16 Å². The minimum Gasteiger partial charge on any atom is -0.469 e. The highest BCUT2D eigenvalue weighted by Gasteiger charge is 2.45. The predicted octanol–water partition coefficient (Wildman–Crippen LogP) is 2.85. The molecule has 1 fully saturated rings. The molecule has 4 heteroatoms. The molecule has 0 unspecified atom stereocenters. The normalized spacial score (nSPS) is 24.6. The first-order valence-corrected chi connectivity index (χ1v) is 5.19. The summed E-state index contributed by atoms with van der Waals surface area (Å²) in [4.78, 5) is 0. The van der Waals surface area contributed by atoms with Gasteiger partial charge in [0.1, 0.15) is 11.5 Å². The highest BCUT2D eigenvalue weighted by molar-refractivity contribution is 6.01. The Hall–Kier alpha value is -1.97. The van der Waals surface area contributed by atoms with Crippen molar-refractivity contribution in [1.29, 1.82) is 0 Å². The van der Waals surface area contributed by atoms with Gasteiger partial charge in [-0.1, -0.05) is 5.16 Å². The van der Waals surface area contributed by atoms with Crippen molar-refractivity contribution in [3.8, 4) is 0 Å². The molecule has 0 saturated heterocycles. The van der Waals surface area contributed by atoms with Crippen LogP contribution < -0.4 is 0 Å².